The Bertz CT molecular complexity index is 591. The fourth-order valence-corrected chi connectivity index (χ4v) is 1.81. The van der Waals surface area contributed by atoms with Crippen LogP contribution in [-0.4, -0.2) is 22.1 Å². The van der Waals surface area contributed by atoms with Gasteiger partial charge in [0.1, 0.15) is 11.4 Å². The van der Waals surface area contributed by atoms with Crippen molar-refractivity contribution < 1.29 is 9.90 Å². The lowest BCUT2D eigenvalue weighted by atomic mass is 10.1. The number of nitrogens with one attached hydrogen (secondary N) is 1. The average molecular weight is 228 g/mol. The van der Waals surface area contributed by atoms with Gasteiger partial charge in [0.25, 0.3) is 0 Å². The summed E-state index contributed by atoms with van der Waals surface area (Å²) >= 11 is 0. The first kappa shape index (κ1) is 10.1. The number of nitrogens with zero attached hydrogens (tertiary/aromatic N) is 1. The van der Waals surface area contributed by atoms with Gasteiger partial charge in [0, 0.05) is 11.4 Å². The lowest BCUT2D eigenvalue weighted by molar-refractivity contribution is 0.0698. The Labute approximate surface area is 98.3 Å². The first-order chi connectivity index (χ1) is 8.24. The molecule has 0 unspecified atom stereocenters. The molecular formula is C13H12N2O2. The largest absolute Gasteiger partial charge is 0.478 e. The van der Waals surface area contributed by atoms with Gasteiger partial charge < -0.3 is 10.4 Å². The molecule has 0 aliphatic heterocycles. The molecular weight excluding hydrogens is 216 g/mol. The van der Waals surface area contributed by atoms with Crippen LogP contribution in [0.2, 0.25) is 0 Å². The number of hydrogen-bond acceptors (Lipinski definition) is 3. The van der Waals surface area contributed by atoms with Crippen molar-refractivity contribution in [1.82, 2.24) is 4.98 Å². The third-order valence-electron chi connectivity index (χ3n) is 2.87. The molecule has 2 N–H and O–H groups in total. The van der Waals surface area contributed by atoms with Crippen LogP contribution in [0.1, 0.15) is 23.2 Å². The Morgan fingerprint density at radius 3 is 2.82 bits per heavy atom. The highest BCUT2D eigenvalue weighted by atomic mass is 16.4. The number of aromatic carboxylic acids is 1. The molecule has 1 heterocycles. The van der Waals surface area contributed by atoms with Gasteiger partial charge in [-0.1, -0.05) is 18.2 Å². The number of carboxylic acid groups (broad SMARTS) is 1. The van der Waals surface area contributed by atoms with Crippen LogP contribution in [0.15, 0.2) is 30.3 Å². The Kier molecular flexibility index (Phi) is 2.21. The molecule has 1 aromatic carbocycles. The van der Waals surface area contributed by atoms with Gasteiger partial charge in [-0.15, -0.1) is 0 Å². The van der Waals surface area contributed by atoms with Crippen LogP contribution in [0.25, 0.3) is 10.9 Å². The molecule has 86 valence electrons. The maximum atomic E-state index is 11.2. The van der Waals surface area contributed by atoms with E-state index in [9.17, 15) is 9.90 Å². The van der Waals surface area contributed by atoms with Crippen LogP contribution in [0.5, 0.6) is 0 Å². The van der Waals surface area contributed by atoms with E-state index in [0.717, 1.165) is 23.7 Å². The highest BCUT2D eigenvalue weighted by molar-refractivity contribution is 5.98. The molecule has 1 aromatic heterocycles. The van der Waals surface area contributed by atoms with Crippen LogP contribution < -0.4 is 5.32 Å². The summed E-state index contributed by atoms with van der Waals surface area (Å²) in [5, 5.41) is 13.2. The lowest BCUT2D eigenvalue weighted by Crippen LogP contribution is -2.10. The summed E-state index contributed by atoms with van der Waals surface area (Å²) in [7, 11) is 0. The summed E-state index contributed by atoms with van der Waals surface area (Å²) in [5.41, 5.74) is 1.07. The standard InChI is InChI=1S/C13H12N2O2/c16-13(17)10-7-8-3-1-2-4-11(8)15-12(10)14-9-5-6-9/h1-4,7,9H,5-6H2,(H,14,15)(H,16,17). The summed E-state index contributed by atoms with van der Waals surface area (Å²) in [4.78, 5) is 15.6. The SMILES string of the molecule is O=C(O)c1cc2ccccc2nc1NC1CC1. The van der Waals surface area contributed by atoms with Gasteiger partial charge in [0.15, 0.2) is 0 Å². The van der Waals surface area contributed by atoms with E-state index in [4.69, 9.17) is 0 Å². The van der Waals surface area contributed by atoms with Crippen molar-refractivity contribution in [2.45, 2.75) is 18.9 Å². The van der Waals surface area contributed by atoms with Crippen LogP contribution in [0.3, 0.4) is 0 Å². The van der Waals surface area contributed by atoms with Crippen LogP contribution in [0.4, 0.5) is 5.82 Å². The predicted octanol–water partition coefficient (Wildman–Crippen LogP) is 2.51. The van der Waals surface area contributed by atoms with Gasteiger partial charge in [-0.25, -0.2) is 9.78 Å². The summed E-state index contributed by atoms with van der Waals surface area (Å²) in [6.07, 6.45) is 2.18. The molecule has 0 radical (unpaired) electrons. The van der Waals surface area contributed by atoms with Crippen molar-refractivity contribution >= 4 is 22.7 Å². The number of para-hydroxylation sites is 1. The molecule has 17 heavy (non-hydrogen) atoms. The van der Waals surface area contributed by atoms with E-state index in [0.29, 0.717) is 11.9 Å². The van der Waals surface area contributed by atoms with Crippen LogP contribution >= 0.6 is 0 Å². The zero-order chi connectivity index (χ0) is 11.8. The van der Waals surface area contributed by atoms with Crippen molar-refractivity contribution in [2.75, 3.05) is 5.32 Å². The van der Waals surface area contributed by atoms with Gasteiger partial charge in [-0.05, 0) is 25.0 Å². The molecule has 0 spiro atoms. The van der Waals surface area contributed by atoms with Gasteiger partial charge >= 0.3 is 5.97 Å². The third kappa shape index (κ3) is 1.93. The zero-order valence-electron chi connectivity index (χ0n) is 9.18. The number of aromatic nitrogens is 1. The number of carbonyl (C=O) groups is 1. The zero-order valence-corrected chi connectivity index (χ0v) is 9.18. The minimum Gasteiger partial charge on any atom is -0.478 e. The lowest BCUT2D eigenvalue weighted by Gasteiger charge is -2.09. The van der Waals surface area contributed by atoms with E-state index >= 15 is 0 Å². The van der Waals surface area contributed by atoms with Crippen molar-refractivity contribution in [1.29, 1.82) is 0 Å². The number of fused-ring (bicyclic) bond motifs is 1. The van der Waals surface area contributed by atoms with Crippen molar-refractivity contribution in [2.24, 2.45) is 0 Å². The number of carboxylic acids is 1. The number of hydrogen-bond donors (Lipinski definition) is 2. The van der Waals surface area contributed by atoms with Gasteiger partial charge in [0.2, 0.25) is 0 Å². The molecule has 1 saturated carbocycles. The fourth-order valence-electron chi connectivity index (χ4n) is 1.81. The second-order valence-electron chi connectivity index (χ2n) is 4.30. The van der Waals surface area contributed by atoms with E-state index in [1.54, 1.807) is 6.07 Å². The van der Waals surface area contributed by atoms with Crippen molar-refractivity contribution in [3.63, 3.8) is 0 Å². The highest BCUT2D eigenvalue weighted by Gasteiger charge is 2.24. The second-order valence-corrected chi connectivity index (χ2v) is 4.30. The molecule has 1 aliphatic carbocycles. The fraction of sp³-hybridized carbons (Fsp3) is 0.231. The predicted molar refractivity (Wildman–Crippen MR) is 65.3 cm³/mol. The maximum absolute atomic E-state index is 11.2. The molecule has 0 amide bonds. The van der Waals surface area contributed by atoms with Crippen molar-refractivity contribution in [3.8, 4) is 0 Å². The van der Waals surface area contributed by atoms with E-state index in [1.165, 1.54) is 0 Å². The molecule has 4 heteroatoms. The van der Waals surface area contributed by atoms with Gasteiger partial charge in [0.05, 0.1) is 5.52 Å². The third-order valence-corrected chi connectivity index (χ3v) is 2.87. The van der Waals surface area contributed by atoms with Gasteiger partial charge in [-0.2, -0.15) is 0 Å². The molecule has 0 atom stereocenters. The van der Waals surface area contributed by atoms with E-state index < -0.39 is 5.97 Å². The van der Waals surface area contributed by atoms with E-state index in [2.05, 4.69) is 10.3 Å². The Morgan fingerprint density at radius 1 is 1.35 bits per heavy atom. The van der Waals surface area contributed by atoms with E-state index in [-0.39, 0.29) is 5.56 Å². The number of anilines is 1. The first-order valence-electron chi connectivity index (χ1n) is 5.63. The topological polar surface area (TPSA) is 62.2 Å². The first-order valence-corrected chi connectivity index (χ1v) is 5.63. The number of benzene rings is 1. The summed E-state index contributed by atoms with van der Waals surface area (Å²) in [6, 6.07) is 9.60. The average Bonchev–Trinajstić information content (AvgIpc) is 3.12. The minimum absolute atomic E-state index is 0.246. The summed E-state index contributed by atoms with van der Waals surface area (Å²) in [5.74, 6) is -0.454. The quantitative estimate of drug-likeness (QED) is 0.847. The number of rotatable bonds is 3. The Morgan fingerprint density at radius 2 is 2.12 bits per heavy atom. The summed E-state index contributed by atoms with van der Waals surface area (Å²) in [6.45, 7) is 0. The van der Waals surface area contributed by atoms with Crippen LogP contribution in [-0.2, 0) is 0 Å². The Balaban J connectivity index is 2.14. The second kappa shape index (κ2) is 3.73. The normalized spacial score (nSPS) is 14.8. The summed E-state index contributed by atoms with van der Waals surface area (Å²) < 4.78 is 0. The monoisotopic (exact) mass is 228 g/mol. The molecule has 0 bridgehead atoms. The number of pyridine rings is 1. The van der Waals surface area contributed by atoms with E-state index in [1.807, 2.05) is 24.3 Å². The molecule has 2 aromatic rings. The minimum atomic E-state index is -0.939. The highest BCUT2D eigenvalue weighted by Crippen LogP contribution is 2.27. The molecule has 4 nitrogen and oxygen atoms in total. The van der Waals surface area contributed by atoms with Crippen molar-refractivity contribution in [3.05, 3.63) is 35.9 Å². The molecule has 3 rings (SSSR count). The smallest absolute Gasteiger partial charge is 0.339 e. The molecule has 1 aliphatic rings. The maximum Gasteiger partial charge on any atom is 0.339 e. The van der Waals surface area contributed by atoms with Gasteiger partial charge in [-0.3, -0.25) is 0 Å². The molecule has 0 saturated heterocycles. The molecule has 1 fully saturated rings. The van der Waals surface area contributed by atoms with Crippen LogP contribution in [0, 0.1) is 0 Å². The Hall–Kier alpha value is -2.10.